The number of thiophene rings is 2. The van der Waals surface area contributed by atoms with E-state index in [4.69, 9.17) is 4.99 Å². The van der Waals surface area contributed by atoms with Gasteiger partial charge in [0, 0.05) is 68.4 Å². The fourth-order valence-corrected chi connectivity index (χ4v) is 11.0. The van der Waals surface area contributed by atoms with Gasteiger partial charge in [-0.15, -0.1) is 22.7 Å². The molecule has 0 aliphatic carbocycles. The molecule has 0 saturated carbocycles. The van der Waals surface area contributed by atoms with Gasteiger partial charge in [-0.2, -0.15) is 0 Å². The second-order valence-corrected chi connectivity index (χ2v) is 16.3. The summed E-state index contributed by atoms with van der Waals surface area (Å²) in [6.45, 7) is 0. The van der Waals surface area contributed by atoms with E-state index in [2.05, 4.69) is 168 Å². The van der Waals surface area contributed by atoms with Gasteiger partial charge in [0.1, 0.15) is 6.17 Å². The van der Waals surface area contributed by atoms with Gasteiger partial charge in [-0.3, -0.25) is 10.3 Å². The molecule has 2 unspecified atom stereocenters. The lowest BCUT2D eigenvalue weighted by Crippen LogP contribution is -2.28. The lowest BCUT2D eigenvalue weighted by Gasteiger charge is -2.28. The normalized spacial score (nSPS) is 16.9. The van der Waals surface area contributed by atoms with E-state index in [1.807, 2.05) is 22.7 Å². The smallest absolute Gasteiger partial charge is 0.126 e. The number of nitrogens with zero attached hydrogens (tertiary/aromatic N) is 2. The molecule has 7 aromatic carbocycles. The quantitative estimate of drug-likeness (QED) is 0.193. The first kappa shape index (κ1) is 31.0. The van der Waals surface area contributed by atoms with E-state index >= 15 is 0 Å². The van der Waals surface area contributed by atoms with Crippen molar-refractivity contribution in [2.24, 2.45) is 4.99 Å². The van der Waals surface area contributed by atoms with Gasteiger partial charge in [-0.1, -0.05) is 121 Å². The second-order valence-electron chi connectivity index (χ2n) is 14.2. The van der Waals surface area contributed by atoms with E-state index in [0.29, 0.717) is 0 Å². The number of benzene rings is 7. The van der Waals surface area contributed by atoms with E-state index in [1.54, 1.807) is 0 Å². The number of hydrogen-bond acceptors (Lipinski definition) is 4. The third-order valence-electron chi connectivity index (χ3n) is 11.1. The number of fused-ring (bicyclic) bond motifs is 9. The van der Waals surface area contributed by atoms with Crippen LogP contribution in [-0.2, 0) is 0 Å². The minimum Gasteiger partial charge on any atom is -0.309 e. The average Bonchev–Trinajstić information content (AvgIpc) is 3.88. The van der Waals surface area contributed by atoms with Gasteiger partial charge in [0.25, 0.3) is 0 Å². The Morgan fingerprint density at radius 2 is 1.25 bits per heavy atom. The molecule has 53 heavy (non-hydrogen) atoms. The summed E-state index contributed by atoms with van der Waals surface area (Å²) >= 11 is 3.77. The molecule has 0 spiro atoms. The molecule has 0 saturated heterocycles. The van der Waals surface area contributed by atoms with Crippen molar-refractivity contribution in [3.05, 3.63) is 174 Å². The molecule has 11 rings (SSSR count). The molecule has 0 radical (unpaired) electrons. The van der Waals surface area contributed by atoms with Gasteiger partial charge in [-0.05, 0) is 66.8 Å². The van der Waals surface area contributed by atoms with Crippen LogP contribution in [0.4, 0.5) is 0 Å². The molecule has 3 nitrogen and oxygen atoms in total. The van der Waals surface area contributed by atoms with Crippen molar-refractivity contribution in [2.45, 2.75) is 31.5 Å². The van der Waals surface area contributed by atoms with E-state index in [9.17, 15) is 0 Å². The average molecular weight is 718 g/mol. The molecular formula is C48H35N3S2. The van der Waals surface area contributed by atoms with Gasteiger partial charge in [0.15, 0.2) is 0 Å². The van der Waals surface area contributed by atoms with Crippen molar-refractivity contribution in [3.8, 4) is 5.69 Å². The van der Waals surface area contributed by atoms with E-state index in [0.717, 1.165) is 19.3 Å². The number of rotatable bonds is 4. The largest absolute Gasteiger partial charge is 0.309 e. The monoisotopic (exact) mass is 717 g/mol. The van der Waals surface area contributed by atoms with Crippen LogP contribution in [0.1, 0.15) is 48.2 Å². The number of aromatic nitrogens is 1. The van der Waals surface area contributed by atoms with Crippen molar-refractivity contribution in [1.29, 1.82) is 0 Å². The summed E-state index contributed by atoms with van der Waals surface area (Å²) in [4.78, 5) is 5.60. The van der Waals surface area contributed by atoms with E-state index in [-0.39, 0.29) is 12.2 Å². The summed E-state index contributed by atoms with van der Waals surface area (Å²) in [6.07, 6.45) is 2.82. The predicted molar refractivity (Wildman–Crippen MR) is 228 cm³/mol. The van der Waals surface area contributed by atoms with Crippen LogP contribution in [0.15, 0.2) is 163 Å². The number of para-hydroxylation sites is 1. The SMILES string of the molecule is c1ccc(C2N=C(c3cccc4c3sc3ccccc34)CCCC(c3ccc4c5ccccc5n(-c5cccc6sc7ccccc7c56)c4c3)N2)cc1. The van der Waals surface area contributed by atoms with Crippen LogP contribution in [0.3, 0.4) is 0 Å². The first-order valence-corrected chi connectivity index (χ1v) is 20.1. The third-order valence-corrected chi connectivity index (χ3v) is 13.5. The molecule has 254 valence electrons. The lowest BCUT2D eigenvalue weighted by molar-refractivity contribution is 0.417. The van der Waals surface area contributed by atoms with Crippen LogP contribution < -0.4 is 5.32 Å². The van der Waals surface area contributed by atoms with Gasteiger partial charge in [0.2, 0.25) is 0 Å². The predicted octanol–water partition coefficient (Wildman–Crippen LogP) is 13.5. The molecule has 0 fully saturated rings. The first-order chi connectivity index (χ1) is 26.3. The highest BCUT2D eigenvalue weighted by Crippen LogP contribution is 2.42. The maximum absolute atomic E-state index is 5.60. The summed E-state index contributed by atoms with van der Waals surface area (Å²) in [5.41, 5.74) is 8.66. The maximum Gasteiger partial charge on any atom is 0.126 e. The Labute approximate surface area is 315 Å². The Morgan fingerprint density at radius 1 is 0.547 bits per heavy atom. The van der Waals surface area contributed by atoms with Crippen molar-refractivity contribution in [1.82, 2.24) is 9.88 Å². The molecule has 2 atom stereocenters. The maximum atomic E-state index is 5.60. The van der Waals surface area contributed by atoms with Crippen molar-refractivity contribution >= 4 is 90.5 Å². The van der Waals surface area contributed by atoms with Crippen molar-refractivity contribution < 1.29 is 0 Å². The summed E-state index contributed by atoms with van der Waals surface area (Å²) in [5, 5.41) is 11.9. The Hall–Kier alpha value is -5.59. The third kappa shape index (κ3) is 5.07. The molecule has 1 N–H and O–H groups in total. The van der Waals surface area contributed by atoms with E-state index in [1.165, 1.54) is 90.2 Å². The Bertz CT molecular complexity index is 3040. The molecule has 1 aliphatic heterocycles. The Morgan fingerprint density at radius 3 is 2.13 bits per heavy atom. The minimum absolute atomic E-state index is 0.138. The molecule has 10 aromatic rings. The lowest BCUT2D eigenvalue weighted by atomic mass is 9.94. The zero-order valence-electron chi connectivity index (χ0n) is 29.0. The van der Waals surface area contributed by atoms with Crippen molar-refractivity contribution in [2.75, 3.05) is 0 Å². The topological polar surface area (TPSA) is 29.3 Å². The van der Waals surface area contributed by atoms with Crippen LogP contribution >= 0.6 is 22.7 Å². The summed E-state index contributed by atoms with van der Waals surface area (Å²) in [5.74, 6) is 0. The fraction of sp³-hybridized carbons (Fsp3) is 0.104. The number of nitrogens with one attached hydrogen (secondary N) is 1. The number of aliphatic imine (C=N–C) groups is 1. The fourth-order valence-electron chi connectivity index (χ4n) is 8.66. The summed E-state index contributed by atoms with van der Waals surface area (Å²) in [7, 11) is 0. The van der Waals surface area contributed by atoms with Crippen LogP contribution in [0.2, 0.25) is 0 Å². The molecule has 4 heterocycles. The molecule has 3 aromatic heterocycles. The van der Waals surface area contributed by atoms with Crippen LogP contribution in [-0.4, -0.2) is 10.3 Å². The first-order valence-electron chi connectivity index (χ1n) is 18.5. The van der Waals surface area contributed by atoms with Gasteiger partial charge in [0.05, 0.1) is 16.7 Å². The zero-order valence-corrected chi connectivity index (χ0v) is 30.6. The zero-order chi connectivity index (χ0) is 34.9. The highest BCUT2D eigenvalue weighted by Gasteiger charge is 2.25. The molecule has 0 bridgehead atoms. The molecule has 5 heteroatoms. The van der Waals surface area contributed by atoms with Crippen molar-refractivity contribution in [3.63, 3.8) is 0 Å². The van der Waals surface area contributed by atoms with Gasteiger partial charge < -0.3 is 4.57 Å². The molecule has 0 amide bonds. The van der Waals surface area contributed by atoms with E-state index < -0.39 is 0 Å². The van der Waals surface area contributed by atoms with Crippen LogP contribution in [0.25, 0.3) is 67.8 Å². The van der Waals surface area contributed by atoms with Crippen LogP contribution in [0.5, 0.6) is 0 Å². The minimum atomic E-state index is -0.173. The highest BCUT2D eigenvalue weighted by atomic mass is 32.1. The number of hydrogen-bond donors (Lipinski definition) is 1. The summed E-state index contributed by atoms with van der Waals surface area (Å²) < 4.78 is 7.82. The van der Waals surface area contributed by atoms with Crippen LogP contribution in [0, 0.1) is 0 Å². The second kappa shape index (κ2) is 12.5. The van der Waals surface area contributed by atoms with Gasteiger partial charge >= 0.3 is 0 Å². The summed E-state index contributed by atoms with van der Waals surface area (Å²) in [6, 6.07) is 58.1. The molecule has 1 aliphatic rings. The standard InChI is InChI=1S/C48H35N3S2/c1-2-13-30(14-3-1)48-49-38(20-11-21-39(50-48)36-19-10-18-35-34-16-5-8-24-43(34)53-47(35)36)31-27-28-33-32-15-4-7-22-40(32)51(42(33)29-31)41-23-12-26-45-46(41)37-17-6-9-25-44(37)52-45/h1-10,12-19,22-29,38,48-49H,11,20-21H2. The highest BCUT2D eigenvalue weighted by molar-refractivity contribution is 7.26. The Kier molecular flexibility index (Phi) is 7.32. The Balaban J connectivity index is 1.06. The molecular weight excluding hydrogens is 683 g/mol. The van der Waals surface area contributed by atoms with Gasteiger partial charge in [-0.25, -0.2) is 0 Å².